The largest absolute Gasteiger partial charge is 0.397 e. The molecule has 88 valence electrons. The minimum atomic E-state index is 0.675. The van der Waals surface area contributed by atoms with Gasteiger partial charge in [-0.15, -0.1) is 0 Å². The Balaban J connectivity index is 2.16. The second-order valence-electron chi connectivity index (χ2n) is 4.25. The van der Waals surface area contributed by atoms with Crippen LogP contribution >= 0.6 is 0 Å². The fourth-order valence-corrected chi connectivity index (χ4v) is 1.98. The lowest BCUT2D eigenvalue weighted by Gasteiger charge is -2.27. The maximum Gasteiger partial charge on any atom is 0.0596 e. The molecular weight excluding hydrogens is 202 g/mol. The van der Waals surface area contributed by atoms with E-state index in [0.29, 0.717) is 5.69 Å². The van der Waals surface area contributed by atoms with Crippen LogP contribution in [0.3, 0.4) is 0 Å². The lowest BCUT2D eigenvalue weighted by atomic mass is 10.0. The van der Waals surface area contributed by atoms with E-state index in [-0.39, 0.29) is 0 Å². The van der Waals surface area contributed by atoms with Crippen LogP contribution in [0.15, 0.2) is 12.1 Å². The van der Waals surface area contributed by atoms with Gasteiger partial charge in [0.05, 0.1) is 24.6 Å². The Hall–Kier alpha value is -1.26. The molecule has 1 heterocycles. The highest BCUT2D eigenvalue weighted by Gasteiger charge is 2.14. The fraction of sp³-hybridized carbons (Fsp3) is 0.500. The first-order valence-electron chi connectivity index (χ1n) is 5.62. The van der Waals surface area contributed by atoms with Crippen LogP contribution in [0.2, 0.25) is 0 Å². The zero-order valence-corrected chi connectivity index (χ0v) is 9.70. The van der Waals surface area contributed by atoms with E-state index in [2.05, 4.69) is 11.8 Å². The summed E-state index contributed by atoms with van der Waals surface area (Å²) in [7, 11) is 0. The molecule has 4 nitrogen and oxygen atoms in total. The van der Waals surface area contributed by atoms with Crippen LogP contribution in [0, 0.1) is 6.92 Å². The summed E-state index contributed by atoms with van der Waals surface area (Å²) in [6.07, 6.45) is 0. The van der Waals surface area contributed by atoms with E-state index in [1.807, 2.05) is 12.1 Å². The molecule has 4 N–H and O–H groups in total. The number of anilines is 2. The standard InChI is InChI=1S/C12H19N3O/c1-9-2-3-11(13)12(14)10(9)8-15-4-6-16-7-5-15/h2-3H,4-8,13-14H2,1H3. The van der Waals surface area contributed by atoms with E-state index >= 15 is 0 Å². The number of nitrogen functional groups attached to an aromatic ring is 2. The number of hydrogen-bond donors (Lipinski definition) is 2. The molecule has 0 aromatic heterocycles. The molecule has 2 rings (SSSR count). The first-order chi connectivity index (χ1) is 7.68. The lowest BCUT2D eigenvalue weighted by molar-refractivity contribution is 0.0342. The Morgan fingerprint density at radius 2 is 1.94 bits per heavy atom. The van der Waals surface area contributed by atoms with Crippen molar-refractivity contribution in [1.29, 1.82) is 0 Å². The number of nitrogens with two attached hydrogens (primary N) is 2. The van der Waals surface area contributed by atoms with Gasteiger partial charge in [-0.25, -0.2) is 0 Å². The number of ether oxygens (including phenoxy) is 1. The summed E-state index contributed by atoms with van der Waals surface area (Å²) in [4.78, 5) is 2.35. The number of nitrogens with zero attached hydrogens (tertiary/aromatic N) is 1. The average molecular weight is 221 g/mol. The Bertz CT molecular complexity index is 373. The van der Waals surface area contributed by atoms with Gasteiger partial charge in [0.2, 0.25) is 0 Å². The monoisotopic (exact) mass is 221 g/mol. The van der Waals surface area contributed by atoms with Crippen LogP contribution in [0.5, 0.6) is 0 Å². The van der Waals surface area contributed by atoms with E-state index in [4.69, 9.17) is 16.2 Å². The highest BCUT2D eigenvalue weighted by atomic mass is 16.5. The lowest BCUT2D eigenvalue weighted by Crippen LogP contribution is -2.36. The third-order valence-electron chi connectivity index (χ3n) is 3.11. The smallest absolute Gasteiger partial charge is 0.0596 e. The second-order valence-corrected chi connectivity index (χ2v) is 4.25. The fourth-order valence-electron chi connectivity index (χ4n) is 1.98. The van der Waals surface area contributed by atoms with Crippen molar-refractivity contribution < 1.29 is 4.74 Å². The molecule has 0 unspecified atom stereocenters. The molecule has 4 heteroatoms. The predicted molar refractivity (Wildman–Crippen MR) is 66.1 cm³/mol. The van der Waals surface area contributed by atoms with Crippen molar-refractivity contribution >= 4 is 11.4 Å². The van der Waals surface area contributed by atoms with Crippen molar-refractivity contribution in [3.8, 4) is 0 Å². The zero-order chi connectivity index (χ0) is 11.5. The quantitative estimate of drug-likeness (QED) is 0.731. The normalized spacial score (nSPS) is 17.6. The van der Waals surface area contributed by atoms with Crippen molar-refractivity contribution in [2.75, 3.05) is 37.8 Å². The van der Waals surface area contributed by atoms with Crippen LogP contribution < -0.4 is 11.5 Å². The van der Waals surface area contributed by atoms with E-state index in [1.165, 1.54) is 5.56 Å². The summed E-state index contributed by atoms with van der Waals surface area (Å²) in [5, 5.41) is 0. The molecule has 1 saturated heterocycles. The van der Waals surface area contributed by atoms with E-state index in [0.717, 1.165) is 44.1 Å². The molecule has 0 atom stereocenters. The van der Waals surface area contributed by atoms with Gasteiger partial charge >= 0.3 is 0 Å². The molecule has 1 fully saturated rings. The molecule has 0 saturated carbocycles. The molecule has 16 heavy (non-hydrogen) atoms. The number of rotatable bonds is 2. The van der Waals surface area contributed by atoms with Gasteiger partial charge in [0.25, 0.3) is 0 Å². The van der Waals surface area contributed by atoms with Gasteiger partial charge in [0.15, 0.2) is 0 Å². The Morgan fingerprint density at radius 1 is 1.25 bits per heavy atom. The van der Waals surface area contributed by atoms with Crippen molar-refractivity contribution in [3.05, 3.63) is 23.3 Å². The van der Waals surface area contributed by atoms with Crippen LogP contribution in [0.25, 0.3) is 0 Å². The van der Waals surface area contributed by atoms with E-state index < -0.39 is 0 Å². The van der Waals surface area contributed by atoms with Gasteiger partial charge in [-0.05, 0) is 24.1 Å². The molecule has 1 aromatic rings. The van der Waals surface area contributed by atoms with Gasteiger partial charge in [0.1, 0.15) is 0 Å². The van der Waals surface area contributed by atoms with Crippen molar-refractivity contribution in [1.82, 2.24) is 4.90 Å². The first-order valence-corrected chi connectivity index (χ1v) is 5.62. The van der Waals surface area contributed by atoms with Gasteiger partial charge in [-0.3, -0.25) is 4.90 Å². The summed E-state index contributed by atoms with van der Waals surface area (Å²) >= 11 is 0. The van der Waals surface area contributed by atoms with Crippen LogP contribution in [0.1, 0.15) is 11.1 Å². The summed E-state index contributed by atoms with van der Waals surface area (Å²) in [5.41, 5.74) is 15.6. The summed E-state index contributed by atoms with van der Waals surface area (Å²) in [6, 6.07) is 3.90. The molecule has 0 amide bonds. The van der Waals surface area contributed by atoms with Crippen LogP contribution in [0.4, 0.5) is 11.4 Å². The van der Waals surface area contributed by atoms with Crippen molar-refractivity contribution in [2.24, 2.45) is 0 Å². The number of aryl methyl sites for hydroxylation is 1. The van der Waals surface area contributed by atoms with Crippen LogP contribution in [-0.4, -0.2) is 31.2 Å². The SMILES string of the molecule is Cc1ccc(N)c(N)c1CN1CCOCC1. The summed E-state index contributed by atoms with van der Waals surface area (Å²) in [5.74, 6) is 0. The highest BCUT2D eigenvalue weighted by Crippen LogP contribution is 2.25. The minimum absolute atomic E-state index is 0.675. The molecule has 1 aliphatic heterocycles. The van der Waals surface area contributed by atoms with Gasteiger partial charge in [-0.2, -0.15) is 0 Å². The molecule has 1 aromatic carbocycles. The zero-order valence-electron chi connectivity index (χ0n) is 9.70. The molecular formula is C12H19N3O. The third kappa shape index (κ3) is 2.28. The topological polar surface area (TPSA) is 64.5 Å². The molecule has 0 bridgehead atoms. The summed E-state index contributed by atoms with van der Waals surface area (Å²) in [6.45, 7) is 6.49. The van der Waals surface area contributed by atoms with E-state index in [9.17, 15) is 0 Å². The minimum Gasteiger partial charge on any atom is -0.397 e. The second kappa shape index (κ2) is 4.72. The van der Waals surface area contributed by atoms with Gasteiger partial charge in [0, 0.05) is 19.6 Å². The highest BCUT2D eigenvalue weighted by molar-refractivity contribution is 5.69. The molecule has 0 radical (unpaired) electrons. The predicted octanol–water partition coefficient (Wildman–Crippen LogP) is 0.992. The molecule has 0 spiro atoms. The number of hydrogen-bond acceptors (Lipinski definition) is 4. The Morgan fingerprint density at radius 3 is 2.62 bits per heavy atom. The maximum atomic E-state index is 6.02. The first kappa shape index (κ1) is 11.2. The van der Waals surface area contributed by atoms with Crippen LogP contribution in [-0.2, 0) is 11.3 Å². The third-order valence-corrected chi connectivity index (χ3v) is 3.11. The average Bonchev–Trinajstić information content (AvgIpc) is 2.31. The summed E-state index contributed by atoms with van der Waals surface area (Å²) < 4.78 is 5.32. The molecule has 0 aliphatic carbocycles. The maximum absolute atomic E-state index is 6.02. The van der Waals surface area contributed by atoms with Gasteiger partial charge < -0.3 is 16.2 Å². The number of morpholine rings is 1. The Kier molecular flexibility index (Phi) is 3.31. The van der Waals surface area contributed by atoms with Gasteiger partial charge in [-0.1, -0.05) is 6.07 Å². The van der Waals surface area contributed by atoms with E-state index in [1.54, 1.807) is 0 Å². The van der Waals surface area contributed by atoms with Crippen molar-refractivity contribution in [2.45, 2.75) is 13.5 Å². The van der Waals surface area contributed by atoms with Crippen molar-refractivity contribution in [3.63, 3.8) is 0 Å². The molecule has 1 aliphatic rings. The number of benzene rings is 1. The Labute approximate surface area is 96.2 Å².